The summed E-state index contributed by atoms with van der Waals surface area (Å²) in [7, 11) is 0. The van der Waals surface area contributed by atoms with Crippen molar-refractivity contribution in [1.82, 2.24) is 10.2 Å². The maximum absolute atomic E-state index is 5.65. The number of nitrogens with zero attached hydrogens (tertiary/aromatic N) is 1. The molecule has 2 heterocycles. The van der Waals surface area contributed by atoms with E-state index in [1.807, 2.05) is 0 Å². The van der Waals surface area contributed by atoms with Gasteiger partial charge in [0.15, 0.2) is 0 Å². The first-order chi connectivity index (χ1) is 8.84. The molecule has 1 saturated heterocycles. The van der Waals surface area contributed by atoms with Gasteiger partial charge in [0.25, 0.3) is 0 Å². The van der Waals surface area contributed by atoms with Crippen molar-refractivity contribution < 1.29 is 4.74 Å². The van der Waals surface area contributed by atoms with Gasteiger partial charge in [-0.05, 0) is 48.7 Å². The molecule has 1 N–H and O–H groups in total. The normalized spacial score (nSPS) is 21.9. The fourth-order valence-corrected chi connectivity index (χ4v) is 3.02. The van der Waals surface area contributed by atoms with Crippen molar-refractivity contribution in [3.63, 3.8) is 0 Å². The largest absolute Gasteiger partial charge is 0.377 e. The maximum Gasteiger partial charge on any atom is 0.0673 e. The van der Waals surface area contributed by atoms with E-state index in [0.29, 0.717) is 6.10 Å². The third kappa shape index (κ3) is 5.06. The van der Waals surface area contributed by atoms with Crippen LogP contribution in [0.3, 0.4) is 0 Å². The second-order valence-corrected chi connectivity index (χ2v) is 5.75. The molecule has 0 spiro atoms. The molecule has 4 heteroatoms. The van der Waals surface area contributed by atoms with Crippen LogP contribution in [0.5, 0.6) is 0 Å². The molecule has 0 bridgehead atoms. The third-order valence-electron chi connectivity index (χ3n) is 3.31. The minimum Gasteiger partial charge on any atom is -0.377 e. The molecule has 1 atom stereocenters. The van der Waals surface area contributed by atoms with Crippen LogP contribution < -0.4 is 5.32 Å². The lowest BCUT2D eigenvalue weighted by Crippen LogP contribution is -2.36. The second kappa shape index (κ2) is 7.89. The molecule has 2 rings (SSSR count). The number of rotatable bonds is 6. The standard InChI is InChI=1S/C14H24N2OS/c1-13-11-16(7-2-9-17-13)8-6-15-5-3-14-4-10-18-12-14/h4,10,12-13,15H,2-3,5-9,11H2,1H3. The lowest BCUT2D eigenvalue weighted by atomic mass is 10.2. The van der Waals surface area contributed by atoms with Gasteiger partial charge in [0.2, 0.25) is 0 Å². The molecule has 1 aliphatic heterocycles. The summed E-state index contributed by atoms with van der Waals surface area (Å²) in [6.07, 6.45) is 2.70. The molecular formula is C14H24N2OS. The molecule has 0 radical (unpaired) electrons. The maximum atomic E-state index is 5.65. The van der Waals surface area contributed by atoms with Crippen molar-refractivity contribution in [2.45, 2.75) is 25.9 Å². The SMILES string of the molecule is CC1CN(CCNCCc2ccsc2)CCCO1. The van der Waals surface area contributed by atoms with Gasteiger partial charge >= 0.3 is 0 Å². The number of hydrogen-bond acceptors (Lipinski definition) is 4. The second-order valence-electron chi connectivity index (χ2n) is 4.97. The van der Waals surface area contributed by atoms with E-state index in [9.17, 15) is 0 Å². The summed E-state index contributed by atoms with van der Waals surface area (Å²) in [4.78, 5) is 2.51. The zero-order valence-electron chi connectivity index (χ0n) is 11.2. The van der Waals surface area contributed by atoms with Crippen molar-refractivity contribution in [1.29, 1.82) is 0 Å². The molecule has 0 aliphatic carbocycles. The average Bonchev–Trinajstić information content (AvgIpc) is 2.78. The van der Waals surface area contributed by atoms with Crippen LogP contribution in [-0.2, 0) is 11.2 Å². The molecule has 0 aromatic carbocycles. The Morgan fingerprint density at radius 1 is 1.50 bits per heavy atom. The Bertz CT molecular complexity index is 316. The monoisotopic (exact) mass is 268 g/mol. The van der Waals surface area contributed by atoms with Gasteiger partial charge in [0.05, 0.1) is 6.10 Å². The van der Waals surface area contributed by atoms with E-state index < -0.39 is 0 Å². The summed E-state index contributed by atoms with van der Waals surface area (Å²) in [5, 5.41) is 7.91. The zero-order valence-corrected chi connectivity index (χ0v) is 12.0. The van der Waals surface area contributed by atoms with Gasteiger partial charge in [-0.2, -0.15) is 11.3 Å². The third-order valence-corrected chi connectivity index (χ3v) is 4.04. The predicted octanol–water partition coefficient (Wildman–Crippen LogP) is 1.99. The van der Waals surface area contributed by atoms with Crippen LogP contribution in [0.4, 0.5) is 0 Å². The summed E-state index contributed by atoms with van der Waals surface area (Å²) in [5.41, 5.74) is 1.45. The fraction of sp³-hybridized carbons (Fsp3) is 0.714. The molecular weight excluding hydrogens is 244 g/mol. The van der Waals surface area contributed by atoms with Crippen molar-refractivity contribution in [2.24, 2.45) is 0 Å². The molecule has 1 aromatic rings. The topological polar surface area (TPSA) is 24.5 Å². The Hall–Kier alpha value is -0.420. The number of nitrogens with one attached hydrogen (secondary N) is 1. The van der Waals surface area contributed by atoms with E-state index in [1.165, 1.54) is 18.5 Å². The van der Waals surface area contributed by atoms with Gasteiger partial charge in [-0.3, -0.25) is 4.90 Å². The zero-order chi connectivity index (χ0) is 12.6. The van der Waals surface area contributed by atoms with Crippen molar-refractivity contribution in [3.8, 4) is 0 Å². The van der Waals surface area contributed by atoms with Crippen LogP contribution in [0.2, 0.25) is 0 Å². The van der Waals surface area contributed by atoms with Gasteiger partial charge in [-0.25, -0.2) is 0 Å². The quantitative estimate of drug-likeness (QED) is 0.799. The van der Waals surface area contributed by atoms with Crippen molar-refractivity contribution in [3.05, 3.63) is 22.4 Å². The van der Waals surface area contributed by atoms with E-state index in [0.717, 1.165) is 39.2 Å². The molecule has 1 aliphatic rings. The summed E-state index contributed by atoms with van der Waals surface area (Å²) >= 11 is 1.78. The fourth-order valence-electron chi connectivity index (χ4n) is 2.31. The van der Waals surface area contributed by atoms with Gasteiger partial charge in [0.1, 0.15) is 0 Å². The highest BCUT2D eigenvalue weighted by molar-refractivity contribution is 7.07. The molecule has 3 nitrogen and oxygen atoms in total. The van der Waals surface area contributed by atoms with Crippen molar-refractivity contribution in [2.75, 3.05) is 39.3 Å². The summed E-state index contributed by atoms with van der Waals surface area (Å²) in [5.74, 6) is 0. The lowest BCUT2D eigenvalue weighted by Gasteiger charge is -2.21. The number of hydrogen-bond donors (Lipinski definition) is 1. The van der Waals surface area contributed by atoms with Gasteiger partial charge in [-0.15, -0.1) is 0 Å². The Balaban J connectivity index is 1.54. The van der Waals surface area contributed by atoms with Gasteiger partial charge < -0.3 is 10.1 Å². The van der Waals surface area contributed by atoms with E-state index in [1.54, 1.807) is 11.3 Å². The Morgan fingerprint density at radius 3 is 3.28 bits per heavy atom. The molecule has 1 unspecified atom stereocenters. The van der Waals surface area contributed by atoms with E-state index in [4.69, 9.17) is 4.74 Å². The van der Waals surface area contributed by atoms with Crippen LogP contribution in [-0.4, -0.2) is 50.3 Å². The number of ether oxygens (including phenoxy) is 1. The van der Waals surface area contributed by atoms with Gasteiger partial charge in [-0.1, -0.05) is 0 Å². The highest BCUT2D eigenvalue weighted by Gasteiger charge is 2.13. The first kappa shape index (κ1) is 14.0. The molecule has 102 valence electrons. The van der Waals surface area contributed by atoms with Crippen LogP contribution in [0, 0.1) is 0 Å². The van der Waals surface area contributed by atoms with Crippen LogP contribution in [0.25, 0.3) is 0 Å². The summed E-state index contributed by atoms with van der Waals surface area (Å²) < 4.78 is 5.65. The first-order valence-electron chi connectivity index (χ1n) is 6.90. The minimum absolute atomic E-state index is 0.387. The lowest BCUT2D eigenvalue weighted by molar-refractivity contribution is 0.0679. The Morgan fingerprint density at radius 2 is 2.44 bits per heavy atom. The Kier molecular flexibility index (Phi) is 6.14. The van der Waals surface area contributed by atoms with Gasteiger partial charge in [0, 0.05) is 32.8 Å². The molecule has 0 amide bonds. The van der Waals surface area contributed by atoms with E-state index >= 15 is 0 Å². The highest BCUT2D eigenvalue weighted by atomic mass is 32.1. The van der Waals surface area contributed by atoms with E-state index in [-0.39, 0.29) is 0 Å². The number of thiophene rings is 1. The summed E-state index contributed by atoms with van der Waals surface area (Å²) in [6.45, 7) is 8.64. The van der Waals surface area contributed by atoms with Crippen molar-refractivity contribution >= 4 is 11.3 Å². The molecule has 1 fully saturated rings. The Labute approximate surface area is 114 Å². The van der Waals surface area contributed by atoms with Crippen LogP contribution in [0.1, 0.15) is 18.9 Å². The average molecular weight is 268 g/mol. The smallest absolute Gasteiger partial charge is 0.0673 e. The first-order valence-corrected chi connectivity index (χ1v) is 7.84. The van der Waals surface area contributed by atoms with Crippen LogP contribution in [0.15, 0.2) is 16.8 Å². The molecule has 18 heavy (non-hydrogen) atoms. The van der Waals surface area contributed by atoms with E-state index in [2.05, 4.69) is 34.0 Å². The molecule has 0 saturated carbocycles. The minimum atomic E-state index is 0.387. The molecule has 1 aromatic heterocycles. The van der Waals surface area contributed by atoms with Crippen LogP contribution >= 0.6 is 11.3 Å². The highest BCUT2D eigenvalue weighted by Crippen LogP contribution is 2.06. The predicted molar refractivity (Wildman–Crippen MR) is 77.4 cm³/mol. The summed E-state index contributed by atoms with van der Waals surface area (Å²) in [6, 6.07) is 2.21.